The first-order valence-corrected chi connectivity index (χ1v) is 8.51. The van der Waals surface area contributed by atoms with Gasteiger partial charge in [0.1, 0.15) is 5.04 Å². The van der Waals surface area contributed by atoms with Crippen molar-refractivity contribution in [3.8, 4) is 0 Å². The van der Waals surface area contributed by atoms with Crippen LogP contribution >= 0.6 is 29.8 Å². The minimum absolute atomic E-state index is 0.137. The molecule has 7 heteroatoms. The summed E-state index contributed by atoms with van der Waals surface area (Å²) < 4.78 is 4.86. The number of hydrogen-bond acceptors (Lipinski definition) is 4. The van der Waals surface area contributed by atoms with Crippen molar-refractivity contribution >= 4 is 40.8 Å². The van der Waals surface area contributed by atoms with Gasteiger partial charge in [-0.1, -0.05) is 6.07 Å². The maximum atomic E-state index is 11.6. The van der Waals surface area contributed by atoms with Crippen LogP contribution in [0, 0.1) is 0 Å². The Kier molecular flexibility index (Phi) is 3.94. The predicted molar refractivity (Wildman–Crippen MR) is 74.8 cm³/mol. The van der Waals surface area contributed by atoms with E-state index in [1.54, 1.807) is 31.3 Å². The molecule has 18 heavy (non-hydrogen) atoms. The molecule has 1 aromatic rings. The summed E-state index contributed by atoms with van der Waals surface area (Å²) in [5.74, 6) is -0.526. The van der Waals surface area contributed by atoms with E-state index in [2.05, 4.69) is 9.98 Å². The maximum Gasteiger partial charge on any atom is 0.357 e. The SMILES string of the molecule is CCOC(=O)C1=CS(Cl)(Cl)C(c2ccccn2)=N1. The molecule has 1 aliphatic heterocycles. The quantitative estimate of drug-likeness (QED) is 0.805. The van der Waals surface area contributed by atoms with Crippen LogP contribution in [0.25, 0.3) is 0 Å². The number of aromatic nitrogens is 1. The third kappa shape index (κ3) is 2.68. The Hall–Kier alpha value is -1.04. The van der Waals surface area contributed by atoms with Crippen LogP contribution in [0.2, 0.25) is 0 Å². The summed E-state index contributed by atoms with van der Waals surface area (Å²) in [4.78, 5) is 19.9. The zero-order valence-electron chi connectivity index (χ0n) is 9.47. The Labute approximate surface area is 115 Å². The van der Waals surface area contributed by atoms with Gasteiger partial charge in [0, 0.05) is 11.6 Å². The van der Waals surface area contributed by atoms with E-state index >= 15 is 0 Å². The number of hydrogen-bond donors (Lipinski definition) is 0. The highest BCUT2D eigenvalue weighted by molar-refractivity contribution is 8.76. The Morgan fingerprint density at radius 1 is 1.44 bits per heavy atom. The number of pyridine rings is 1. The van der Waals surface area contributed by atoms with Gasteiger partial charge < -0.3 is 4.74 Å². The lowest BCUT2D eigenvalue weighted by atomic mass is 10.4. The summed E-state index contributed by atoms with van der Waals surface area (Å²) in [6.45, 7) is 2.00. The van der Waals surface area contributed by atoms with Gasteiger partial charge in [0.15, 0.2) is 5.70 Å². The second-order valence-corrected chi connectivity index (χ2v) is 8.40. The van der Waals surface area contributed by atoms with E-state index in [4.69, 9.17) is 26.1 Å². The minimum Gasteiger partial charge on any atom is -0.461 e. The smallest absolute Gasteiger partial charge is 0.357 e. The lowest BCUT2D eigenvalue weighted by Gasteiger charge is -2.16. The number of rotatable bonds is 3. The van der Waals surface area contributed by atoms with Gasteiger partial charge in [-0.3, -0.25) is 4.98 Å². The number of carbonyl (C=O) groups excluding carboxylic acids is 1. The molecule has 0 N–H and O–H groups in total. The van der Waals surface area contributed by atoms with E-state index in [0.29, 0.717) is 10.7 Å². The first-order chi connectivity index (χ1) is 8.54. The number of aliphatic imine (C=N–C) groups is 1. The van der Waals surface area contributed by atoms with Crippen LogP contribution in [0.1, 0.15) is 12.6 Å². The molecule has 0 aliphatic carbocycles. The van der Waals surface area contributed by atoms with Crippen LogP contribution in [0.4, 0.5) is 0 Å². The molecule has 0 spiro atoms. The molecule has 0 unspecified atom stereocenters. The third-order valence-corrected chi connectivity index (χ3v) is 4.85. The molecule has 0 fully saturated rings. The van der Waals surface area contributed by atoms with Crippen molar-refractivity contribution in [3.63, 3.8) is 0 Å². The largest absolute Gasteiger partial charge is 0.461 e. The van der Waals surface area contributed by atoms with E-state index in [-0.39, 0.29) is 12.3 Å². The van der Waals surface area contributed by atoms with Gasteiger partial charge in [-0.2, -0.15) is 0 Å². The third-order valence-electron chi connectivity index (χ3n) is 2.11. The summed E-state index contributed by atoms with van der Waals surface area (Å²) in [6, 6.07) is 5.32. The fourth-order valence-electron chi connectivity index (χ4n) is 1.38. The number of carbonyl (C=O) groups is 1. The highest BCUT2D eigenvalue weighted by Crippen LogP contribution is 2.65. The first kappa shape index (κ1) is 13.4. The van der Waals surface area contributed by atoms with E-state index in [1.165, 1.54) is 5.41 Å². The molecular weight excluding hydrogens is 295 g/mol. The number of ether oxygens (including phenoxy) is 1. The molecule has 0 saturated heterocycles. The van der Waals surface area contributed by atoms with E-state index in [9.17, 15) is 4.79 Å². The van der Waals surface area contributed by atoms with E-state index in [0.717, 1.165) is 0 Å². The Balaban J connectivity index is 2.34. The average Bonchev–Trinajstić information content (AvgIpc) is 2.67. The number of halogens is 2. The van der Waals surface area contributed by atoms with Crippen LogP contribution < -0.4 is 0 Å². The molecular formula is C11H10Cl2N2O2S. The Bertz CT molecular complexity index is 529. The van der Waals surface area contributed by atoms with Crippen LogP contribution in [-0.4, -0.2) is 22.6 Å². The molecule has 1 aromatic heterocycles. The summed E-state index contributed by atoms with van der Waals surface area (Å²) in [5, 5.41) is 1.85. The summed E-state index contributed by atoms with van der Waals surface area (Å²) in [5.41, 5.74) is 0.700. The van der Waals surface area contributed by atoms with Crippen molar-refractivity contribution in [1.29, 1.82) is 0 Å². The standard InChI is InChI=1S/C11H10Cl2N2O2S/c1-2-17-11(16)9-7-18(12,13)10(15-9)8-5-3-4-6-14-8/h3-7H,2H2,1H3. The van der Waals surface area contributed by atoms with Gasteiger partial charge in [0.2, 0.25) is 0 Å². The van der Waals surface area contributed by atoms with Gasteiger partial charge >= 0.3 is 5.97 Å². The van der Waals surface area contributed by atoms with E-state index in [1.807, 2.05) is 0 Å². The van der Waals surface area contributed by atoms with Gasteiger partial charge in [0.25, 0.3) is 0 Å². The Morgan fingerprint density at radius 3 is 2.83 bits per heavy atom. The molecule has 0 saturated carbocycles. The van der Waals surface area contributed by atoms with Gasteiger partial charge in [-0.15, -0.1) is 0 Å². The fourth-order valence-corrected chi connectivity index (χ4v) is 3.73. The lowest BCUT2D eigenvalue weighted by molar-refractivity contribution is -0.138. The van der Waals surface area contributed by atoms with Crippen LogP contribution in [0.15, 0.2) is 40.5 Å². The lowest BCUT2D eigenvalue weighted by Crippen LogP contribution is -2.05. The first-order valence-electron chi connectivity index (χ1n) is 5.16. The Morgan fingerprint density at radius 2 is 2.22 bits per heavy atom. The van der Waals surface area contributed by atoms with Crippen molar-refractivity contribution in [2.45, 2.75) is 6.92 Å². The molecule has 0 aromatic carbocycles. The molecule has 0 radical (unpaired) electrons. The monoisotopic (exact) mass is 304 g/mol. The zero-order valence-corrected chi connectivity index (χ0v) is 11.8. The van der Waals surface area contributed by atoms with Crippen molar-refractivity contribution in [2.24, 2.45) is 4.99 Å². The predicted octanol–water partition coefficient (Wildman–Crippen LogP) is 3.36. The second-order valence-electron chi connectivity index (χ2n) is 3.36. The summed E-state index contributed by atoms with van der Waals surface area (Å²) in [7, 11) is 10.1. The van der Waals surface area contributed by atoms with Crippen LogP contribution in [0.3, 0.4) is 0 Å². The van der Waals surface area contributed by atoms with Crippen LogP contribution in [-0.2, 0) is 9.53 Å². The normalized spacial score (nSPS) is 18.8. The van der Waals surface area contributed by atoms with Crippen molar-refractivity contribution in [2.75, 3.05) is 6.61 Å². The van der Waals surface area contributed by atoms with Gasteiger partial charge in [0.05, 0.1) is 12.3 Å². The molecule has 4 nitrogen and oxygen atoms in total. The molecule has 0 bridgehead atoms. The highest BCUT2D eigenvalue weighted by Gasteiger charge is 2.34. The molecule has 0 atom stereocenters. The van der Waals surface area contributed by atoms with Crippen molar-refractivity contribution < 1.29 is 9.53 Å². The minimum atomic E-state index is -2.28. The van der Waals surface area contributed by atoms with Gasteiger partial charge in [-0.05, 0) is 48.9 Å². The molecule has 0 amide bonds. The summed E-state index contributed by atoms with van der Waals surface area (Å²) >= 11 is 0. The second kappa shape index (κ2) is 5.30. The molecule has 1 aliphatic rings. The average molecular weight is 305 g/mol. The topological polar surface area (TPSA) is 51.5 Å². The molecule has 96 valence electrons. The van der Waals surface area contributed by atoms with Crippen molar-refractivity contribution in [3.05, 3.63) is 41.2 Å². The maximum absolute atomic E-state index is 11.6. The van der Waals surface area contributed by atoms with E-state index < -0.39 is 14.4 Å². The molecule has 2 heterocycles. The zero-order chi connectivity index (χ0) is 13.2. The van der Waals surface area contributed by atoms with Gasteiger partial charge in [-0.25, -0.2) is 9.79 Å². The number of esters is 1. The van der Waals surface area contributed by atoms with Crippen LogP contribution in [0.5, 0.6) is 0 Å². The summed E-state index contributed by atoms with van der Waals surface area (Å²) in [6.07, 6.45) is 1.61. The highest BCUT2D eigenvalue weighted by atomic mass is 36.0. The number of nitrogens with zero attached hydrogens (tertiary/aromatic N) is 2. The molecule has 2 rings (SSSR count). The fraction of sp³-hybridized carbons (Fsp3) is 0.182. The van der Waals surface area contributed by atoms with Crippen molar-refractivity contribution in [1.82, 2.24) is 4.98 Å².